The van der Waals surface area contributed by atoms with Gasteiger partial charge in [-0.3, -0.25) is 0 Å². The fourth-order valence-electron chi connectivity index (χ4n) is 1.92. The molecule has 20 heavy (non-hydrogen) atoms. The summed E-state index contributed by atoms with van der Waals surface area (Å²) in [6.45, 7) is 5.77. The normalized spacial score (nSPS) is 11.6. The second-order valence-corrected chi connectivity index (χ2v) is 6.04. The molecule has 0 aliphatic rings. The highest BCUT2D eigenvalue weighted by Gasteiger charge is 2.26. The maximum Gasteiger partial charge on any atom is 0.355 e. The number of nitrogens with two attached hydrogens (primary N) is 1. The lowest BCUT2D eigenvalue weighted by Crippen LogP contribution is -2.27. The first-order valence-corrected chi connectivity index (χ1v) is 7.89. The fourth-order valence-corrected chi connectivity index (χ4v) is 3.44. The molecule has 1 rings (SSSR count). The van der Waals surface area contributed by atoms with E-state index in [-0.39, 0.29) is 23.7 Å². The molecule has 0 radical (unpaired) electrons. The zero-order valence-corrected chi connectivity index (χ0v) is 12.8. The number of hydrogen-bond acceptors (Lipinski definition) is 5. The van der Waals surface area contributed by atoms with Crippen LogP contribution in [0.5, 0.6) is 0 Å². The van der Waals surface area contributed by atoms with Crippen LogP contribution in [-0.2, 0) is 14.8 Å². The van der Waals surface area contributed by atoms with Gasteiger partial charge >= 0.3 is 5.97 Å². The molecular formula is C12H21N3O4S. The summed E-state index contributed by atoms with van der Waals surface area (Å²) in [5.41, 5.74) is 6.27. The summed E-state index contributed by atoms with van der Waals surface area (Å²) in [7, 11) is -3.67. The van der Waals surface area contributed by atoms with E-state index in [1.165, 1.54) is 0 Å². The first-order chi connectivity index (χ1) is 9.35. The number of aromatic amines is 1. The average molecular weight is 303 g/mol. The molecular weight excluding hydrogens is 282 g/mol. The Balaban J connectivity index is 3.10. The van der Waals surface area contributed by atoms with E-state index >= 15 is 0 Å². The Kier molecular flexibility index (Phi) is 5.73. The van der Waals surface area contributed by atoms with Crippen LogP contribution in [0.3, 0.4) is 0 Å². The van der Waals surface area contributed by atoms with Crippen molar-refractivity contribution in [2.75, 3.05) is 19.7 Å². The summed E-state index contributed by atoms with van der Waals surface area (Å²) >= 11 is 0. The molecule has 0 saturated heterocycles. The lowest BCUT2D eigenvalue weighted by molar-refractivity contribution is 0.0519. The maximum absolute atomic E-state index is 12.2. The summed E-state index contributed by atoms with van der Waals surface area (Å²) in [6, 6.07) is 0. The molecule has 4 N–H and O–H groups in total. The van der Waals surface area contributed by atoms with Crippen molar-refractivity contribution in [2.45, 2.75) is 32.1 Å². The molecule has 0 saturated carbocycles. The number of ether oxygens (including phenoxy) is 1. The summed E-state index contributed by atoms with van der Waals surface area (Å²) in [6.07, 6.45) is 0.548. The SMILES string of the molecule is CCOC(=O)c1[nH]c(C)c(S(=O)(=O)NCCCN)c1C. The van der Waals surface area contributed by atoms with Crippen LogP contribution in [0, 0.1) is 13.8 Å². The zero-order chi connectivity index (χ0) is 15.3. The van der Waals surface area contributed by atoms with E-state index in [0.717, 1.165) is 0 Å². The number of H-pyrrole nitrogens is 1. The van der Waals surface area contributed by atoms with Crippen molar-refractivity contribution >= 4 is 16.0 Å². The number of aromatic nitrogens is 1. The van der Waals surface area contributed by atoms with E-state index in [1.54, 1.807) is 20.8 Å². The average Bonchev–Trinajstić information content (AvgIpc) is 2.66. The van der Waals surface area contributed by atoms with E-state index in [0.29, 0.717) is 24.2 Å². The van der Waals surface area contributed by atoms with Gasteiger partial charge in [0.2, 0.25) is 10.0 Å². The molecule has 0 unspecified atom stereocenters. The maximum atomic E-state index is 12.2. The highest BCUT2D eigenvalue weighted by molar-refractivity contribution is 7.89. The fraction of sp³-hybridized carbons (Fsp3) is 0.583. The molecule has 1 heterocycles. The summed E-state index contributed by atoms with van der Waals surface area (Å²) < 4.78 is 31.8. The minimum absolute atomic E-state index is 0.0950. The van der Waals surface area contributed by atoms with Gasteiger partial charge in [-0.05, 0) is 33.7 Å². The van der Waals surface area contributed by atoms with Crippen molar-refractivity contribution in [2.24, 2.45) is 5.73 Å². The second-order valence-electron chi connectivity index (χ2n) is 4.34. The van der Waals surface area contributed by atoms with Crippen LogP contribution in [0.15, 0.2) is 4.90 Å². The number of nitrogens with one attached hydrogen (secondary N) is 2. The van der Waals surface area contributed by atoms with Crippen molar-refractivity contribution in [3.05, 3.63) is 17.0 Å². The lowest BCUT2D eigenvalue weighted by Gasteiger charge is -2.07. The van der Waals surface area contributed by atoms with Gasteiger partial charge in [-0.15, -0.1) is 0 Å². The van der Waals surface area contributed by atoms with Crippen LogP contribution in [-0.4, -0.2) is 39.1 Å². The molecule has 0 spiro atoms. The van der Waals surface area contributed by atoms with Gasteiger partial charge in [0, 0.05) is 17.8 Å². The van der Waals surface area contributed by atoms with Gasteiger partial charge in [-0.25, -0.2) is 17.9 Å². The van der Waals surface area contributed by atoms with Crippen molar-refractivity contribution in [1.29, 1.82) is 0 Å². The van der Waals surface area contributed by atoms with Crippen LogP contribution >= 0.6 is 0 Å². The highest BCUT2D eigenvalue weighted by atomic mass is 32.2. The van der Waals surface area contributed by atoms with Gasteiger partial charge in [-0.1, -0.05) is 0 Å². The van der Waals surface area contributed by atoms with Gasteiger partial charge in [0.05, 0.1) is 6.61 Å². The van der Waals surface area contributed by atoms with Gasteiger partial charge in [0.1, 0.15) is 10.6 Å². The molecule has 0 aliphatic carbocycles. The molecule has 0 aromatic carbocycles. The third-order valence-electron chi connectivity index (χ3n) is 2.79. The number of esters is 1. The largest absolute Gasteiger partial charge is 0.461 e. The Morgan fingerprint density at radius 3 is 2.60 bits per heavy atom. The molecule has 0 aliphatic heterocycles. The summed E-state index contributed by atoms with van der Waals surface area (Å²) in [5.74, 6) is -0.559. The Morgan fingerprint density at radius 2 is 2.05 bits per heavy atom. The number of hydrogen-bond donors (Lipinski definition) is 3. The third kappa shape index (κ3) is 3.59. The predicted molar refractivity (Wildman–Crippen MR) is 75.1 cm³/mol. The number of aryl methyl sites for hydroxylation is 1. The quantitative estimate of drug-likeness (QED) is 0.499. The van der Waals surface area contributed by atoms with Crippen molar-refractivity contribution in [3.8, 4) is 0 Å². The Hall–Kier alpha value is -1.38. The van der Waals surface area contributed by atoms with E-state index in [1.807, 2.05) is 0 Å². The van der Waals surface area contributed by atoms with Crippen molar-refractivity contribution < 1.29 is 17.9 Å². The van der Waals surface area contributed by atoms with Crippen molar-refractivity contribution in [1.82, 2.24) is 9.71 Å². The van der Waals surface area contributed by atoms with Gasteiger partial charge in [0.15, 0.2) is 0 Å². The van der Waals surface area contributed by atoms with Crippen LogP contribution in [0.2, 0.25) is 0 Å². The van der Waals surface area contributed by atoms with Crippen LogP contribution in [0.25, 0.3) is 0 Å². The molecule has 114 valence electrons. The van der Waals surface area contributed by atoms with Crippen LogP contribution in [0.4, 0.5) is 0 Å². The monoisotopic (exact) mass is 303 g/mol. The minimum atomic E-state index is -3.67. The van der Waals surface area contributed by atoms with Gasteiger partial charge in [0.25, 0.3) is 0 Å². The summed E-state index contributed by atoms with van der Waals surface area (Å²) in [4.78, 5) is 14.6. The first-order valence-electron chi connectivity index (χ1n) is 6.41. The molecule has 8 heteroatoms. The molecule has 0 atom stereocenters. The topological polar surface area (TPSA) is 114 Å². The zero-order valence-electron chi connectivity index (χ0n) is 11.9. The van der Waals surface area contributed by atoms with Crippen LogP contribution < -0.4 is 10.5 Å². The van der Waals surface area contributed by atoms with E-state index in [2.05, 4.69) is 9.71 Å². The van der Waals surface area contributed by atoms with Gasteiger partial charge < -0.3 is 15.5 Å². The van der Waals surface area contributed by atoms with E-state index in [4.69, 9.17) is 10.5 Å². The third-order valence-corrected chi connectivity index (χ3v) is 4.52. The second kappa shape index (κ2) is 6.87. The molecule has 0 amide bonds. The van der Waals surface area contributed by atoms with E-state index in [9.17, 15) is 13.2 Å². The number of carbonyl (C=O) groups excluding carboxylic acids is 1. The predicted octanol–water partition coefficient (Wildman–Crippen LogP) is 0.435. The number of rotatable bonds is 7. The first kappa shape index (κ1) is 16.7. The lowest BCUT2D eigenvalue weighted by atomic mass is 10.2. The Bertz CT molecular complexity index is 578. The van der Waals surface area contributed by atoms with E-state index < -0.39 is 16.0 Å². The Labute approximate surface area is 118 Å². The smallest absolute Gasteiger partial charge is 0.355 e. The molecule has 1 aromatic rings. The number of carbonyl (C=O) groups is 1. The minimum Gasteiger partial charge on any atom is -0.461 e. The standard InChI is InChI=1S/C12H21N3O4S/c1-4-19-12(16)10-8(2)11(9(3)15-10)20(17,18)14-7-5-6-13/h14-15H,4-7,13H2,1-3H3. The number of sulfonamides is 1. The van der Waals surface area contributed by atoms with Crippen LogP contribution in [0.1, 0.15) is 35.1 Å². The highest BCUT2D eigenvalue weighted by Crippen LogP contribution is 2.23. The van der Waals surface area contributed by atoms with Crippen molar-refractivity contribution in [3.63, 3.8) is 0 Å². The molecule has 7 nitrogen and oxygen atoms in total. The van der Waals surface area contributed by atoms with Gasteiger partial charge in [-0.2, -0.15) is 0 Å². The Morgan fingerprint density at radius 1 is 1.40 bits per heavy atom. The summed E-state index contributed by atoms with van der Waals surface area (Å²) in [5, 5.41) is 0. The molecule has 0 bridgehead atoms. The molecule has 0 fully saturated rings. The molecule has 1 aromatic heterocycles.